The molecule has 0 spiro atoms. The van der Waals surface area contributed by atoms with Crippen LogP contribution >= 0.6 is 15.9 Å². The van der Waals surface area contributed by atoms with Gasteiger partial charge < -0.3 is 9.42 Å². The van der Waals surface area contributed by atoms with Gasteiger partial charge in [-0.15, -0.1) is 0 Å². The van der Waals surface area contributed by atoms with Crippen molar-refractivity contribution in [3.63, 3.8) is 0 Å². The highest BCUT2D eigenvalue weighted by Crippen LogP contribution is 2.24. The van der Waals surface area contributed by atoms with E-state index >= 15 is 0 Å². The molecule has 29 heavy (non-hydrogen) atoms. The van der Waals surface area contributed by atoms with E-state index in [4.69, 9.17) is 4.52 Å². The molecule has 150 valence electrons. The molecule has 1 saturated heterocycles. The minimum atomic E-state index is -0.360. The van der Waals surface area contributed by atoms with E-state index in [1.807, 2.05) is 29.2 Å². The third-order valence-electron chi connectivity index (χ3n) is 4.98. The molecule has 1 aromatic heterocycles. The van der Waals surface area contributed by atoms with Gasteiger partial charge in [-0.2, -0.15) is 4.98 Å². The number of hydrogen-bond acceptors (Lipinski definition) is 6. The zero-order valence-electron chi connectivity index (χ0n) is 15.9. The Bertz CT molecular complexity index is 1030. The molecule has 0 bridgehead atoms. The Morgan fingerprint density at radius 3 is 2.66 bits per heavy atom. The number of ketones is 1. The van der Waals surface area contributed by atoms with Crippen molar-refractivity contribution in [3.8, 4) is 11.4 Å². The van der Waals surface area contributed by atoms with Crippen LogP contribution in [-0.2, 0) is 6.54 Å². The standard InChI is InChI=1S/C21H20BrFN4O2/c1-14(28)15-5-6-19(18(23)12-15)27-9-7-26(8-10-27)13-20-24-21(25-29-20)16-3-2-4-17(22)11-16/h2-6,11-12H,7-10,13H2,1H3. The molecule has 6 nitrogen and oxygen atoms in total. The van der Waals surface area contributed by atoms with E-state index < -0.39 is 0 Å². The van der Waals surface area contributed by atoms with E-state index in [9.17, 15) is 9.18 Å². The zero-order chi connectivity index (χ0) is 20.4. The van der Waals surface area contributed by atoms with E-state index in [2.05, 4.69) is 31.0 Å². The molecule has 2 aromatic carbocycles. The molecule has 0 unspecified atom stereocenters. The van der Waals surface area contributed by atoms with Gasteiger partial charge >= 0.3 is 0 Å². The molecule has 1 aliphatic rings. The van der Waals surface area contributed by atoms with Crippen molar-refractivity contribution >= 4 is 27.4 Å². The first-order valence-corrected chi connectivity index (χ1v) is 10.2. The van der Waals surface area contributed by atoms with Crippen molar-refractivity contribution in [2.45, 2.75) is 13.5 Å². The van der Waals surface area contributed by atoms with Crippen molar-refractivity contribution < 1.29 is 13.7 Å². The van der Waals surface area contributed by atoms with Gasteiger partial charge in [0.25, 0.3) is 0 Å². The van der Waals surface area contributed by atoms with E-state index in [-0.39, 0.29) is 11.6 Å². The van der Waals surface area contributed by atoms with Gasteiger partial charge in [0.1, 0.15) is 5.82 Å². The second-order valence-corrected chi connectivity index (χ2v) is 7.92. The van der Waals surface area contributed by atoms with Crippen LogP contribution in [0.5, 0.6) is 0 Å². The summed E-state index contributed by atoms with van der Waals surface area (Å²) in [5, 5.41) is 4.07. The van der Waals surface area contributed by atoms with Gasteiger partial charge in [-0.25, -0.2) is 4.39 Å². The Labute approximate surface area is 176 Å². The first-order valence-electron chi connectivity index (χ1n) is 9.36. The maximum absolute atomic E-state index is 14.4. The predicted molar refractivity (Wildman–Crippen MR) is 111 cm³/mol. The lowest BCUT2D eigenvalue weighted by Gasteiger charge is -2.35. The fraction of sp³-hybridized carbons (Fsp3) is 0.286. The number of carbonyl (C=O) groups is 1. The quantitative estimate of drug-likeness (QED) is 0.534. The number of piperazine rings is 1. The Kier molecular flexibility index (Phi) is 5.73. The summed E-state index contributed by atoms with van der Waals surface area (Å²) in [7, 11) is 0. The summed E-state index contributed by atoms with van der Waals surface area (Å²) >= 11 is 3.44. The molecule has 3 aromatic rings. The Hall–Kier alpha value is -2.58. The molecule has 0 aliphatic carbocycles. The van der Waals surface area contributed by atoms with Crippen LogP contribution in [0.2, 0.25) is 0 Å². The van der Waals surface area contributed by atoms with E-state index in [1.165, 1.54) is 13.0 Å². The number of Topliss-reactive ketones (excluding diaryl/α,β-unsaturated/α-hetero) is 1. The number of carbonyl (C=O) groups excluding carboxylic acids is 1. The van der Waals surface area contributed by atoms with Crippen LogP contribution in [0.1, 0.15) is 23.2 Å². The second kappa shape index (κ2) is 8.42. The smallest absolute Gasteiger partial charge is 0.241 e. The summed E-state index contributed by atoms with van der Waals surface area (Å²) in [5.74, 6) is 0.627. The lowest BCUT2D eigenvalue weighted by molar-refractivity contribution is 0.101. The first-order chi connectivity index (χ1) is 14.0. The normalized spacial score (nSPS) is 14.9. The monoisotopic (exact) mass is 458 g/mol. The van der Waals surface area contributed by atoms with Gasteiger partial charge in [-0.05, 0) is 37.3 Å². The fourth-order valence-corrected chi connectivity index (χ4v) is 3.78. The molecule has 0 saturated carbocycles. The minimum Gasteiger partial charge on any atom is -0.367 e. The van der Waals surface area contributed by atoms with Crippen molar-refractivity contribution in [3.05, 3.63) is 64.2 Å². The average molecular weight is 459 g/mol. The lowest BCUT2D eigenvalue weighted by atomic mass is 10.1. The summed E-state index contributed by atoms with van der Waals surface area (Å²) in [6, 6.07) is 12.4. The molecule has 1 fully saturated rings. The van der Waals surface area contributed by atoms with Gasteiger partial charge in [0.15, 0.2) is 5.78 Å². The van der Waals surface area contributed by atoms with Gasteiger partial charge in [0, 0.05) is 41.8 Å². The largest absolute Gasteiger partial charge is 0.367 e. The van der Waals surface area contributed by atoms with Gasteiger partial charge in [0.2, 0.25) is 11.7 Å². The van der Waals surface area contributed by atoms with Crippen LogP contribution in [0.3, 0.4) is 0 Å². The number of hydrogen-bond donors (Lipinski definition) is 0. The molecular weight excluding hydrogens is 439 g/mol. The summed E-state index contributed by atoms with van der Waals surface area (Å²) < 4.78 is 20.8. The van der Waals surface area contributed by atoms with E-state index in [0.29, 0.717) is 42.6 Å². The van der Waals surface area contributed by atoms with Gasteiger partial charge in [0.05, 0.1) is 12.2 Å². The Morgan fingerprint density at radius 2 is 1.97 bits per heavy atom. The first kappa shape index (κ1) is 19.7. The molecule has 0 amide bonds. The van der Waals surface area contributed by atoms with Crippen molar-refractivity contribution in [2.75, 3.05) is 31.1 Å². The molecule has 0 atom stereocenters. The summed E-state index contributed by atoms with van der Waals surface area (Å²) in [4.78, 5) is 20.1. The number of halogens is 2. The topological polar surface area (TPSA) is 62.5 Å². The second-order valence-electron chi connectivity index (χ2n) is 7.01. The highest BCUT2D eigenvalue weighted by molar-refractivity contribution is 9.10. The van der Waals surface area contributed by atoms with Crippen molar-refractivity contribution in [1.29, 1.82) is 0 Å². The van der Waals surface area contributed by atoms with Crippen LogP contribution < -0.4 is 4.90 Å². The molecule has 4 rings (SSSR count). The number of benzene rings is 2. The molecule has 2 heterocycles. The maximum Gasteiger partial charge on any atom is 0.241 e. The van der Waals surface area contributed by atoms with E-state index in [1.54, 1.807) is 12.1 Å². The number of anilines is 1. The van der Waals surface area contributed by atoms with Crippen molar-refractivity contribution in [1.82, 2.24) is 15.0 Å². The number of rotatable bonds is 5. The maximum atomic E-state index is 14.4. The average Bonchev–Trinajstić information content (AvgIpc) is 3.17. The number of aromatic nitrogens is 2. The zero-order valence-corrected chi connectivity index (χ0v) is 17.5. The van der Waals surface area contributed by atoms with E-state index in [0.717, 1.165) is 23.1 Å². The van der Waals surface area contributed by atoms with Crippen LogP contribution in [-0.4, -0.2) is 47.0 Å². The molecular formula is C21H20BrFN4O2. The van der Waals surface area contributed by atoms with Crippen molar-refractivity contribution in [2.24, 2.45) is 0 Å². The molecule has 8 heteroatoms. The SMILES string of the molecule is CC(=O)c1ccc(N2CCN(Cc3nc(-c4cccc(Br)c4)no3)CC2)c(F)c1. The molecule has 0 N–H and O–H groups in total. The van der Waals surface area contributed by atoms with Crippen LogP contribution in [0.25, 0.3) is 11.4 Å². The Balaban J connectivity index is 1.36. The number of nitrogens with zero attached hydrogens (tertiary/aromatic N) is 4. The third kappa shape index (κ3) is 4.54. The van der Waals surface area contributed by atoms with Crippen LogP contribution in [0, 0.1) is 5.82 Å². The highest BCUT2D eigenvalue weighted by Gasteiger charge is 2.22. The summed E-state index contributed by atoms with van der Waals surface area (Å²) in [5.41, 5.74) is 1.82. The highest BCUT2D eigenvalue weighted by atomic mass is 79.9. The van der Waals surface area contributed by atoms with Crippen LogP contribution in [0.15, 0.2) is 51.5 Å². The fourth-order valence-electron chi connectivity index (χ4n) is 3.38. The van der Waals surface area contributed by atoms with Crippen LogP contribution in [0.4, 0.5) is 10.1 Å². The third-order valence-corrected chi connectivity index (χ3v) is 5.47. The molecule has 0 radical (unpaired) electrons. The Morgan fingerprint density at radius 1 is 1.17 bits per heavy atom. The van der Waals surface area contributed by atoms with Gasteiger partial charge in [-0.3, -0.25) is 9.69 Å². The van der Waals surface area contributed by atoms with Gasteiger partial charge in [-0.1, -0.05) is 33.2 Å². The molecule has 1 aliphatic heterocycles. The minimum absolute atomic E-state index is 0.137. The predicted octanol–water partition coefficient (Wildman–Crippen LogP) is 4.16. The summed E-state index contributed by atoms with van der Waals surface area (Å²) in [6.45, 7) is 4.87. The lowest BCUT2D eigenvalue weighted by Crippen LogP contribution is -2.46. The summed E-state index contributed by atoms with van der Waals surface area (Å²) in [6.07, 6.45) is 0.